The molecule has 2 aromatic rings. The number of hydrogen-bond donors (Lipinski definition) is 8. The molecule has 0 aliphatic carbocycles. The Morgan fingerprint density at radius 3 is 1.47 bits per heavy atom. The van der Waals surface area contributed by atoms with Crippen molar-refractivity contribution < 1.29 is 30.0 Å². The summed E-state index contributed by atoms with van der Waals surface area (Å²) in [6, 6.07) is 14.3. The van der Waals surface area contributed by atoms with Crippen LogP contribution >= 0.6 is 24.8 Å². The topological polar surface area (TPSA) is 191 Å². The maximum Gasteiger partial charge on any atom is 0.251 e. The van der Waals surface area contributed by atoms with Gasteiger partial charge in [0.2, 0.25) is 0 Å². The number of carbonyl (C=O) groups excluding carboxylic acids is 2. The summed E-state index contributed by atoms with van der Waals surface area (Å²) in [5, 5.41) is 46.9. The second-order valence-electron chi connectivity index (χ2n) is 8.27. The van der Waals surface area contributed by atoms with Crippen molar-refractivity contribution in [2.75, 3.05) is 0 Å². The Kier molecular flexibility index (Phi) is 16.5. The molecule has 0 radical (unpaired) electrons. The fraction of sp³-hybridized carbons (Fsp3) is 0.385. The van der Waals surface area contributed by atoms with Gasteiger partial charge in [-0.3, -0.25) is 9.59 Å². The highest BCUT2D eigenvalue weighted by Crippen LogP contribution is 2.17. The van der Waals surface area contributed by atoms with Gasteiger partial charge in [0.1, 0.15) is 12.2 Å². The Morgan fingerprint density at radius 1 is 0.763 bits per heavy atom. The number of carbonyl (C=O) groups is 2. The van der Waals surface area contributed by atoms with Gasteiger partial charge >= 0.3 is 0 Å². The number of benzene rings is 2. The summed E-state index contributed by atoms with van der Waals surface area (Å²) < 4.78 is 0. The maximum atomic E-state index is 12.4. The van der Waals surface area contributed by atoms with Gasteiger partial charge in [-0.1, -0.05) is 54.5 Å². The Labute approximate surface area is 234 Å². The molecular weight excluding hydrogens is 535 g/mol. The van der Waals surface area contributed by atoms with Crippen molar-refractivity contribution >= 4 is 36.6 Å². The van der Waals surface area contributed by atoms with Crippen LogP contribution in [0.15, 0.2) is 48.5 Å². The van der Waals surface area contributed by atoms with Gasteiger partial charge in [0, 0.05) is 26.2 Å². The lowest BCUT2D eigenvalue weighted by molar-refractivity contribution is -0.145. The van der Waals surface area contributed by atoms with Crippen molar-refractivity contribution in [3.63, 3.8) is 0 Å². The van der Waals surface area contributed by atoms with Gasteiger partial charge in [0.25, 0.3) is 11.8 Å². The first-order valence-electron chi connectivity index (χ1n) is 11.5. The average molecular weight is 572 g/mol. The van der Waals surface area contributed by atoms with E-state index in [1.54, 1.807) is 36.4 Å². The van der Waals surface area contributed by atoms with Crippen molar-refractivity contribution in [1.29, 1.82) is 0 Å². The van der Waals surface area contributed by atoms with Crippen LogP contribution in [0.2, 0.25) is 0 Å². The molecule has 0 saturated carbocycles. The van der Waals surface area contributed by atoms with Gasteiger partial charge in [0.05, 0.1) is 5.92 Å². The normalized spacial score (nSPS) is 14.2. The predicted octanol–water partition coefficient (Wildman–Crippen LogP) is -0.537. The van der Waals surface area contributed by atoms with Crippen LogP contribution < -0.4 is 22.1 Å². The highest BCUT2D eigenvalue weighted by molar-refractivity contribution is 5.85. The van der Waals surface area contributed by atoms with Crippen LogP contribution in [0.4, 0.5) is 0 Å². The van der Waals surface area contributed by atoms with E-state index in [2.05, 4.69) is 22.5 Å². The third kappa shape index (κ3) is 10.2. The van der Waals surface area contributed by atoms with Crippen molar-refractivity contribution in [3.8, 4) is 11.8 Å². The molecule has 4 unspecified atom stereocenters. The van der Waals surface area contributed by atoms with Crippen LogP contribution in [0.25, 0.3) is 0 Å². The quantitative estimate of drug-likeness (QED) is 0.156. The summed E-state index contributed by atoms with van der Waals surface area (Å²) in [6.45, 7) is 2.21. The first-order valence-corrected chi connectivity index (χ1v) is 11.5. The van der Waals surface area contributed by atoms with Crippen LogP contribution in [0, 0.1) is 17.8 Å². The number of rotatable bonds is 12. The molecule has 0 fully saturated rings. The zero-order valence-corrected chi connectivity index (χ0v) is 22.5. The molecule has 0 aromatic heterocycles. The Morgan fingerprint density at radius 2 is 1.13 bits per heavy atom. The SMILES string of the molecule is CC#CC(C(O)C(O)C(=O)NCc1cccc(CN)c1)C(O)C(O)C(=O)NCc1cccc(CN)c1.Cl.Cl. The van der Waals surface area contributed by atoms with E-state index < -0.39 is 42.1 Å². The second kappa shape index (κ2) is 17.7. The maximum absolute atomic E-state index is 12.4. The predicted molar refractivity (Wildman–Crippen MR) is 148 cm³/mol. The van der Waals surface area contributed by atoms with E-state index in [1.807, 2.05) is 12.1 Å². The van der Waals surface area contributed by atoms with Crippen LogP contribution in [0.5, 0.6) is 0 Å². The lowest BCUT2D eigenvalue weighted by Gasteiger charge is -2.28. The monoisotopic (exact) mass is 570 g/mol. The lowest BCUT2D eigenvalue weighted by Crippen LogP contribution is -2.52. The van der Waals surface area contributed by atoms with E-state index in [1.165, 1.54) is 6.92 Å². The van der Waals surface area contributed by atoms with Gasteiger partial charge in [-0.25, -0.2) is 0 Å². The number of aliphatic hydroxyl groups is 4. The summed E-state index contributed by atoms with van der Waals surface area (Å²) in [5.74, 6) is 1.65. The van der Waals surface area contributed by atoms with Crippen LogP contribution in [0.1, 0.15) is 29.2 Å². The highest BCUT2D eigenvalue weighted by Gasteiger charge is 2.39. The van der Waals surface area contributed by atoms with E-state index in [-0.39, 0.29) is 37.9 Å². The molecule has 10 N–H and O–H groups in total. The number of halogens is 2. The van der Waals surface area contributed by atoms with Crippen LogP contribution in [-0.4, -0.2) is 56.7 Å². The Bertz CT molecular complexity index is 1020. The van der Waals surface area contributed by atoms with Gasteiger partial charge < -0.3 is 42.5 Å². The molecule has 10 nitrogen and oxygen atoms in total. The molecule has 210 valence electrons. The molecule has 0 heterocycles. The van der Waals surface area contributed by atoms with Crippen LogP contribution in [-0.2, 0) is 35.8 Å². The molecule has 4 atom stereocenters. The highest BCUT2D eigenvalue weighted by atomic mass is 35.5. The van der Waals surface area contributed by atoms with Crippen molar-refractivity contribution in [2.24, 2.45) is 17.4 Å². The molecule has 2 amide bonds. The molecular formula is C26H36Cl2N4O6. The van der Waals surface area contributed by atoms with Gasteiger partial charge in [-0.2, -0.15) is 0 Å². The molecule has 0 saturated heterocycles. The van der Waals surface area contributed by atoms with Gasteiger partial charge in [-0.05, 0) is 29.2 Å². The molecule has 0 bridgehead atoms. The van der Waals surface area contributed by atoms with Crippen molar-refractivity contribution in [3.05, 3.63) is 70.8 Å². The third-order valence-electron chi connectivity index (χ3n) is 5.62. The summed E-state index contributed by atoms with van der Waals surface area (Å²) in [6.07, 6.45) is -7.71. The minimum atomic E-state index is -1.97. The molecule has 2 aromatic carbocycles. The summed E-state index contributed by atoms with van der Waals surface area (Å²) >= 11 is 0. The molecule has 2 rings (SSSR count). The largest absolute Gasteiger partial charge is 0.388 e. The van der Waals surface area contributed by atoms with E-state index >= 15 is 0 Å². The Balaban J connectivity index is 0.00000684. The van der Waals surface area contributed by atoms with E-state index in [4.69, 9.17) is 11.5 Å². The van der Waals surface area contributed by atoms with Gasteiger partial charge in [-0.15, -0.1) is 30.7 Å². The summed E-state index contributed by atoms with van der Waals surface area (Å²) in [7, 11) is 0. The first kappa shape index (κ1) is 35.3. The van der Waals surface area contributed by atoms with Crippen LogP contribution in [0.3, 0.4) is 0 Å². The minimum Gasteiger partial charge on any atom is -0.388 e. The average Bonchev–Trinajstić information content (AvgIpc) is 2.91. The van der Waals surface area contributed by atoms with E-state index in [0.29, 0.717) is 13.1 Å². The molecule has 0 aliphatic heterocycles. The van der Waals surface area contributed by atoms with Crippen molar-refractivity contribution in [1.82, 2.24) is 10.6 Å². The second-order valence-corrected chi connectivity index (χ2v) is 8.27. The van der Waals surface area contributed by atoms with E-state index in [0.717, 1.165) is 22.3 Å². The molecule has 0 aliphatic rings. The van der Waals surface area contributed by atoms with Crippen molar-refractivity contribution in [2.45, 2.75) is 57.5 Å². The minimum absolute atomic E-state index is 0. The molecule has 38 heavy (non-hydrogen) atoms. The first-order chi connectivity index (χ1) is 17.2. The zero-order chi connectivity index (χ0) is 26.7. The lowest BCUT2D eigenvalue weighted by atomic mass is 9.89. The summed E-state index contributed by atoms with van der Waals surface area (Å²) in [5.41, 5.74) is 14.4. The number of amides is 2. The smallest absolute Gasteiger partial charge is 0.251 e. The fourth-order valence-corrected chi connectivity index (χ4v) is 3.56. The summed E-state index contributed by atoms with van der Waals surface area (Å²) in [4.78, 5) is 24.9. The number of hydrogen-bond acceptors (Lipinski definition) is 8. The fourth-order valence-electron chi connectivity index (χ4n) is 3.56. The standard InChI is InChI=1S/C26H34N4O6.2ClH/c1-2-5-20(21(31)23(33)25(35)29-14-18-8-3-6-16(10-18)12-27)22(32)24(34)26(36)30-15-19-9-4-7-17(11-19)13-28;;/h3-4,6-11,20-24,31-34H,12-15,27-28H2,1H3,(H,29,35)(H,30,36);2*1H. The van der Waals surface area contributed by atoms with Gasteiger partial charge in [0.15, 0.2) is 12.2 Å². The number of nitrogens with one attached hydrogen (secondary N) is 2. The Hall–Kier alpha value is -2.72. The van der Waals surface area contributed by atoms with E-state index in [9.17, 15) is 30.0 Å². The number of nitrogens with two attached hydrogens (primary N) is 2. The molecule has 0 spiro atoms. The number of aliphatic hydroxyl groups excluding tert-OH is 4. The zero-order valence-electron chi connectivity index (χ0n) is 20.9. The molecule has 12 heteroatoms. The third-order valence-corrected chi connectivity index (χ3v) is 5.62.